The van der Waals surface area contributed by atoms with E-state index in [2.05, 4.69) is 58.9 Å². The van der Waals surface area contributed by atoms with Gasteiger partial charge < -0.3 is 0 Å². The average molecular weight is 246 g/mol. The highest BCUT2D eigenvalue weighted by Gasteiger charge is 2.11. The van der Waals surface area contributed by atoms with Gasteiger partial charge in [-0.1, -0.05) is 55.4 Å². The van der Waals surface area contributed by atoms with E-state index >= 15 is 0 Å². The van der Waals surface area contributed by atoms with Crippen molar-refractivity contribution in [1.29, 1.82) is 0 Å². The molecule has 18 heavy (non-hydrogen) atoms. The van der Waals surface area contributed by atoms with Crippen molar-refractivity contribution in [3.8, 4) is 0 Å². The van der Waals surface area contributed by atoms with E-state index in [1.54, 1.807) is 13.0 Å². The molecule has 0 aliphatic heterocycles. The van der Waals surface area contributed by atoms with Crippen molar-refractivity contribution in [3.63, 3.8) is 0 Å². The van der Waals surface area contributed by atoms with Crippen LogP contribution < -0.4 is 0 Å². The Bertz CT molecular complexity index is 386. The van der Waals surface area contributed by atoms with Gasteiger partial charge in [0.15, 0.2) is 5.78 Å². The zero-order valence-corrected chi connectivity index (χ0v) is 12.6. The van der Waals surface area contributed by atoms with Crippen molar-refractivity contribution >= 4 is 5.78 Å². The maximum Gasteiger partial charge on any atom is 0.152 e. The second kappa shape index (κ2) is 7.86. The van der Waals surface area contributed by atoms with E-state index in [4.69, 9.17) is 0 Å². The summed E-state index contributed by atoms with van der Waals surface area (Å²) in [5.74, 6) is 0.104. The Morgan fingerprint density at radius 3 is 2.17 bits per heavy atom. The number of hydrogen-bond donors (Lipinski definition) is 0. The van der Waals surface area contributed by atoms with Crippen LogP contribution in [-0.2, 0) is 4.79 Å². The summed E-state index contributed by atoms with van der Waals surface area (Å²) in [6, 6.07) is 0. The first kappa shape index (κ1) is 16.6. The van der Waals surface area contributed by atoms with Crippen LogP contribution in [0, 0.1) is 5.41 Å². The van der Waals surface area contributed by atoms with E-state index in [9.17, 15) is 4.79 Å². The number of rotatable bonds is 6. The smallest absolute Gasteiger partial charge is 0.152 e. The van der Waals surface area contributed by atoms with Crippen LogP contribution in [0.1, 0.15) is 48.0 Å². The van der Waals surface area contributed by atoms with Gasteiger partial charge >= 0.3 is 0 Å². The van der Waals surface area contributed by atoms with Gasteiger partial charge in [-0.05, 0) is 45.6 Å². The standard InChI is InChI=1S/C17H26O/c1-14(2)8-7-9-15(3)10-12-17(5,6)13-11-16(4)18/h7-11,13H,12H2,1-6H3. The molecule has 0 aliphatic rings. The molecule has 0 unspecified atom stereocenters. The number of hydrogen-bond acceptors (Lipinski definition) is 1. The quantitative estimate of drug-likeness (QED) is 0.475. The van der Waals surface area contributed by atoms with Gasteiger partial charge in [-0.15, -0.1) is 0 Å². The lowest BCUT2D eigenvalue weighted by atomic mass is 9.88. The van der Waals surface area contributed by atoms with Crippen molar-refractivity contribution in [2.24, 2.45) is 5.41 Å². The lowest BCUT2D eigenvalue weighted by Crippen LogP contribution is -2.06. The largest absolute Gasteiger partial charge is 0.295 e. The second-order valence-electron chi connectivity index (χ2n) is 5.69. The van der Waals surface area contributed by atoms with Crippen molar-refractivity contribution in [2.75, 3.05) is 0 Å². The molecule has 0 N–H and O–H groups in total. The van der Waals surface area contributed by atoms with Crippen LogP contribution in [0.5, 0.6) is 0 Å². The van der Waals surface area contributed by atoms with Gasteiger partial charge in [0, 0.05) is 0 Å². The zero-order valence-electron chi connectivity index (χ0n) is 12.6. The Hall–Kier alpha value is -1.37. The number of ketones is 1. The predicted octanol–water partition coefficient (Wildman–Crippen LogP) is 5.02. The number of carbonyl (C=O) groups excluding carboxylic acids is 1. The van der Waals surface area contributed by atoms with Gasteiger partial charge in [-0.3, -0.25) is 4.79 Å². The second-order valence-corrected chi connectivity index (χ2v) is 5.69. The first-order valence-corrected chi connectivity index (χ1v) is 6.41. The molecule has 0 atom stereocenters. The maximum absolute atomic E-state index is 10.9. The van der Waals surface area contributed by atoms with Crippen LogP contribution in [0.2, 0.25) is 0 Å². The Kier molecular flexibility index (Phi) is 7.26. The highest BCUT2D eigenvalue weighted by atomic mass is 16.1. The Morgan fingerprint density at radius 2 is 1.67 bits per heavy atom. The third kappa shape index (κ3) is 9.83. The van der Waals surface area contributed by atoms with E-state index in [1.165, 1.54) is 11.1 Å². The van der Waals surface area contributed by atoms with E-state index in [1.807, 2.05) is 6.08 Å². The predicted molar refractivity (Wildman–Crippen MR) is 80.5 cm³/mol. The molecule has 0 radical (unpaired) electrons. The highest BCUT2D eigenvalue weighted by Crippen LogP contribution is 2.23. The third-order valence-electron chi connectivity index (χ3n) is 2.51. The normalized spacial score (nSPS) is 13.3. The summed E-state index contributed by atoms with van der Waals surface area (Å²) in [5.41, 5.74) is 2.57. The number of allylic oxidation sites excluding steroid dienone is 8. The van der Waals surface area contributed by atoms with Crippen LogP contribution in [-0.4, -0.2) is 5.78 Å². The van der Waals surface area contributed by atoms with E-state index in [0.717, 1.165) is 6.42 Å². The molecular weight excluding hydrogens is 220 g/mol. The zero-order chi connectivity index (χ0) is 14.2. The van der Waals surface area contributed by atoms with E-state index in [0.29, 0.717) is 0 Å². The average Bonchev–Trinajstić information content (AvgIpc) is 2.24. The minimum Gasteiger partial charge on any atom is -0.295 e. The Morgan fingerprint density at radius 1 is 1.06 bits per heavy atom. The molecule has 1 nitrogen and oxygen atoms in total. The van der Waals surface area contributed by atoms with Crippen LogP contribution >= 0.6 is 0 Å². The van der Waals surface area contributed by atoms with E-state index < -0.39 is 0 Å². The van der Waals surface area contributed by atoms with Gasteiger partial charge in [0.05, 0.1) is 0 Å². The summed E-state index contributed by atoms with van der Waals surface area (Å²) >= 11 is 0. The molecule has 100 valence electrons. The summed E-state index contributed by atoms with van der Waals surface area (Å²) in [4.78, 5) is 10.9. The topological polar surface area (TPSA) is 17.1 Å². The first-order valence-electron chi connectivity index (χ1n) is 6.41. The monoisotopic (exact) mass is 246 g/mol. The summed E-state index contributed by atoms with van der Waals surface area (Å²) in [6.45, 7) is 12.1. The molecule has 0 rings (SSSR count). The fourth-order valence-corrected chi connectivity index (χ4v) is 1.30. The molecule has 0 aromatic carbocycles. The fourth-order valence-electron chi connectivity index (χ4n) is 1.30. The molecule has 0 bridgehead atoms. The molecule has 0 saturated heterocycles. The highest BCUT2D eigenvalue weighted by molar-refractivity contribution is 5.87. The molecule has 0 amide bonds. The molecule has 0 saturated carbocycles. The van der Waals surface area contributed by atoms with Crippen molar-refractivity contribution in [1.82, 2.24) is 0 Å². The van der Waals surface area contributed by atoms with E-state index in [-0.39, 0.29) is 11.2 Å². The molecule has 0 fully saturated rings. The van der Waals surface area contributed by atoms with Gasteiger partial charge in [0.2, 0.25) is 0 Å². The van der Waals surface area contributed by atoms with Crippen molar-refractivity contribution in [2.45, 2.75) is 48.0 Å². The van der Waals surface area contributed by atoms with Crippen LogP contribution in [0.3, 0.4) is 0 Å². The molecule has 1 heteroatoms. The molecule has 0 heterocycles. The SMILES string of the molecule is CC(=O)C=CC(C)(C)CC=C(C)C=CC=C(C)C. The van der Waals surface area contributed by atoms with Crippen LogP contribution in [0.4, 0.5) is 0 Å². The first-order chi connectivity index (χ1) is 8.23. The lowest BCUT2D eigenvalue weighted by molar-refractivity contribution is -0.112. The molecule has 0 aliphatic carbocycles. The van der Waals surface area contributed by atoms with Gasteiger partial charge in [-0.25, -0.2) is 0 Å². The summed E-state index contributed by atoms with van der Waals surface area (Å²) in [7, 11) is 0. The lowest BCUT2D eigenvalue weighted by Gasteiger charge is -2.17. The fraction of sp³-hybridized carbons (Fsp3) is 0.471. The minimum atomic E-state index is 0.0251. The third-order valence-corrected chi connectivity index (χ3v) is 2.51. The summed E-state index contributed by atoms with van der Waals surface area (Å²) in [5, 5.41) is 0. The van der Waals surface area contributed by atoms with Crippen molar-refractivity contribution in [3.05, 3.63) is 47.6 Å². The Balaban J connectivity index is 4.48. The molecule has 0 aromatic rings. The maximum atomic E-state index is 10.9. The minimum absolute atomic E-state index is 0.0251. The van der Waals surface area contributed by atoms with Crippen molar-refractivity contribution < 1.29 is 4.79 Å². The van der Waals surface area contributed by atoms with Crippen LogP contribution in [0.25, 0.3) is 0 Å². The number of carbonyl (C=O) groups is 1. The van der Waals surface area contributed by atoms with Crippen LogP contribution in [0.15, 0.2) is 47.6 Å². The summed E-state index contributed by atoms with van der Waals surface area (Å²) < 4.78 is 0. The van der Waals surface area contributed by atoms with Gasteiger partial charge in [0.25, 0.3) is 0 Å². The molecule has 0 aromatic heterocycles. The van der Waals surface area contributed by atoms with Gasteiger partial charge in [0.1, 0.15) is 0 Å². The Labute approximate surface area is 112 Å². The molecular formula is C17H26O. The van der Waals surface area contributed by atoms with Gasteiger partial charge in [-0.2, -0.15) is 0 Å². The molecule has 0 spiro atoms. The summed E-state index contributed by atoms with van der Waals surface area (Å²) in [6.07, 6.45) is 13.1.